The Morgan fingerprint density at radius 1 is 0.870 bits per heavy atom. The van der Waals surface area contributed by atoms with Crippen molar-refractivity contribution in [2.45, 2.75) is 52.6 Å². The molecule has 2 aromatic rings. The summed E-state index contributed by atoms with van der Waals surface area (Å²) in [6, 6.07) is 16.5. The molecule has 0 saturated carbocycles. The van der Waals surface area contributed by atoms with E-state index in [4.69, 9.17) is 4.74 Å². The average Bonchev–Trinajstić information content (AvgIpc) is 2.54. The molecule has 23 heavy (non-hydrogen) atoms. The summed E-state index contributed by atoms with van der Waals surface area (Å²) < 4.78 is 6.13. The van der Waals surface area contributed by atoms with Gasteiger partial charge in [-0.3, -0.25) is 0 Å². The Hall–Kier alpha value is -2.27. The van der Waals surface area contributed by atoms with Crippen molar-refractivity contribution < 1.29 is 4.74 Å². The minimum atomic E-state index is -0.0920. The quantitative estimate of drug-likeness (QED) is 0.684. The Kier molecular flexibility index (Phi) is 5.45. The van der Waals surface area contributed by atoms with Crippen molar-refractivity contribution in [1.82, 2.24) is 0 Å². The van der Waals surface area contributed by atoms with Crippen LogP contribution in [0.3, 0.4) is 0 Å². The molecule has 0 aliphatic heterocycles. The Balaban J connectivity index is 2.31. The lowest BCUT2D eigenvalue weighted by atomic mass is 9.94. The van der Waals surface area contributed by atoms with Crippen LogP contribution >= 0.6 is 0 Å². The predicted octanol–water partition coefficient (Wildman–Crippen LogP) is 5.95. The molecule has 2 rings (SSSR count). The zero-order chi connectivity index (χ0) is 17.0. The normalized spacial score (nSPS) is 12.3. The van der Waals surface area contributed by atoms with Crippen molar-refractivity contribution in [2.24, 2.45) is 0 Å². The minimum absolute atomic E-state index is 0.0920. The molecule has 0 N–H and O–H groups in total. The van der Waals surface area contributed by atoms with Crippen LogP contribution < -0.4 is 4.74 Å². The van der Waals surface area contributed by atoms with E-state index in [2.05, 4.69) is 52.0 Å². The SMILES string of the molecule is CC(C)c1ccc(OC(C)c2ccccc2C(C)C)c(C#N)c1. The lowest BCUT2D eigenvalue weighted by Crippen LogP contribution is -2.08. The molecule has 0 bridgehead atoms. The van der Waals surface area contributed by atoms with Gasteiger partial charge in [-0.25, -0.2) is 0 Å². The number of nitriles is 1. The lowest BCUT2D eigenvalue weighted by molar-refractivity contribution is 0.224. The summed E-state index contributed by atoms with van der Waals surface area (Å²) in [4.78, 5) is 0. The Bertz CT molecular complexity index is 710. The third-order valence-electron chi connectivity index (χ3n) is 4.15. The van der Waals surface area contributed by atoms with Gasteiger partial charge in [0.2, 0.25) is 0 Å². The summed E-state index contributed by atoms with van der Waals surface area (Å²) in [5.74, 6) is 1.49. The molecule has 2 nitrogen and oxygen atoms in total. The Morgan fingerprint density at radius 3 is 2.09 bits per heavy atom. The third kappa shape index (κ3) is 3.93. The fourth-order valence-electron chi connectivity index (χ4n) is 2.76. The topological polar surface area (TPSA) is 33.0 Å². The standard InChI is InChI=1S/C21H25NO/c1-14(2)17-10-11-21(18(12-17)13-22)23-16(5)20-9-7-6-8-19(20)15(3)4/h6-12,14-16H,1-5H3. The maximum atomic E-state index is 9.42. The van der Waals surface area contributed by atoms with E-state index < -0.39 is 0 Å². The monoisotopic (exact) mass is 307 g/mol. The fourth-order valence-corrected chi connectivity index (χ4v) is 2.76. The van der Waals surface area contributed by atoms with Crippen LogP contribution in [-0.2, 0) is 0 Å². The molecule has 2 aromatic carbocycles. The molecule has 1 unspecified atom stereocenters. The molecule has 0 radical (unpaired) electrons. The first-order valence-electron chi connectivity index (χ1n) is 8.23. The van der Waals surface area contributed by atoms with Gasteiger partial charge in [0.15, 0.2) is 0 Å². The van der Waals surface area contributed by atoms with Crippen molar-refractivity contribution in [3.05, 3.63) is 64.7 Å². The fraction of sp³-hybridized carbons (Fsp3) is 0.381. The zero-order valence-electron chi connectivity index (χ0n) is 14.6. The largest absolute Gasteiger partial charge is 0.485 e. The highest BCUT2D eigenvalue weighted by Crippen LogP contribution is 2.31. The van der Waals surface area contributed by atoms with Gasteiger partial charge in [-0.2, -0.15) is 5.26 Å². The predicted molar refractivity (Wildman–Crippen MR) is 94.8 cm³/mol. The van der Waals surface area contributed by atoms with Crippen molar-refractivity contribution in [3.8, 4) is 11.8 Å². The van der Waals surface area contributed by atoms with Crippen molar-refractivity contribution >= 4 is 0 Å². The second kappa shape index (κ2) is 7.33. The molecule has 0 aromatic heterocycles. The summed E-state index contributed by atoms with van der Waals surface area (Å²) in [6.07, 6.45) is -0.0920. The summed E-state index contributed by atoms with van der Waals surface area (Å²) >= 11 is 0. The van der Waals surface area contributed by atoms with Crippen molar-refractivity contribution in [1.29, 1.82) is 5.26 Å². The van der Waals surface area contributed by atoms with Crippen LogP contribution in [0.4, 0.5) is 0 Å². The summed E-state index contributed by atoms with van der Waals surface area (Å²) in [7, 11) is 0. The molecule has 0 amide bonds. The zero-order valence-corrected chi connectivity index (χ0v) is 14.6. The van der Waals surface area contributed by atoms with Crippen LogP contribution in [-0.4, -0.2) is 0 Å². The number of rotatable bonds is 5. The molecule has 0 saturated heterocycles. The van der Waals surface area contributed by atoms with Gasteiger partial charge in [-0.1, -0.05) is 58.0 Å². The first kappa shape index (κ1) is 17.1. The maximum Gasteiger partial charge on any atom is 0.138 e. The first-order valence-corrected chi connectivity index (χ1v) is 8.23. The summed E-state index contributed by atoms with van der Waals surface area (Å²) in [6.45, 7) is 10.7. The van der Waals surface area contributed by atoms with Gasteiger partial charge in [0.25, 0.3) is 0 Å². The molecule has 0 aliphatic rings. The van der Waals surface area contributed by atoms with Gasteiger partial charge < -0.3 is 4.74 Å². The van der Waals surface area contributed by atoms with E-state index in [1.807, 2.05) is 31.2 Å². The smallest absolute Gasteiger partial charge is 0.138 e. The van der Waals surface area contributed by atoms with Gasteiger partial charge in [0, 0.05) is 0 Å². The van der Waals surface area contributed by atoms with Crippen LogP contribution in [0.15, 0.2) is 42.5 Å². The van der Waals surface area contributed by atoms with Gasteiger partial charge in [0.1, 0.15) is 17.9 Å². The molecule has 2 heteroatoms. The van der Waals surface area contributed by atoms with Crippen molar-refractivity contribution in [3.63, 3.8) is 0 Å². The van der Waals surface area contributed by atoms with Gasteiger partial charge in [-0.05, 0) is 47.6 Å². The molecule has 0 spiro atoms. The van der Waals surface area contributed by atoms with E-state index in [0.717, 1.165) is 5.56 Å². The van der Waals surface area contributed by atoms with E-state index in [9.17, 15) is 5.26 Å². The average molecular weight is 307 g/mol. The molecule has 0 fully saturated rings. The first-order chi connectivity index (χ1) is 10.9. The third-order valence-corrected chi connectivity index (χ3v) is 4.15. The van der Waals surface area contributed by atoms with E-state index >= 15 is 0 Å². The molecule has 1 atom stereocenters. The second-order valence-corrected chi connectivity index (χ2v) is 6.57. The molecule has 120 valence electrons. The Morgan fingerprint density at radius 2 is 1.52 bits per heavy atom. The highest BCUT2D eigenvalue weighted by Gasteiger charge is 2.16. The summed E-state index contributed by atoms with van der Waals surface area (Å²) in [5.41, 5.74) is 4.23. The van der Waals surface area contributed by atoms with Crippen LogP contribution in [0, 0.1) is 11.3 Å². The van der Waals surface area contributed by atoms with Crippen LogP contribution in [0.25, 0.3) is 0 Å². The molecular formula is C21H25NO. The number of benzene rings is 2. The van der Waals surface area contributed by atoms with Crippen molar-refractivity contribution in [2.75, 3.05) is 0 Å². The minimum Gasteiger partial charge on any atom is -0.485 e. The van der Waals surface area contributed by atoms with E-state index in [-0.39, 0.29) is 6.10 Å². The molecular weight excluding hydrogens is 282 g/mol. The Labute approximate surface area is 139 Å². The van der Waals surface area contributed by atoms with Crippen LogP contribution in [0.5, 0.6) is 5.75 Å². The van der Waals surface area contributed by atoms with Gasteiger partial charge >= 0.3 is 0 Å². The second-order valence-electron chi connectivity index (χ2n) is 6.57. The van der Waals surface area contributed by atoms with E-state index in [1.54, 1.807) is 0 Å². The lowest BCUT2D eigenvalue weighted by Gasteiger charge is -2.21. The van der Waals surface area contributed by atoms with E-state index in [0.29, 0.717) is 23.1 Å². The number of hydrogen-bond acceptors (Lipinski definition) is 2. The number of nitrogens with zero attached hydrogens (tertiary/aromatic N) is 1. The van der Waals surface area contributed by atoms with Crippen LogP contribution in [0.2, 0.25) is 0 Å². The van der Waals surface area contributed by atoms with Gasteiger partial charge in [0.05, 0.1) is 5.56 Å². The summed E-state index contributed by atoms with van der Waals surface area (Å²) in [5, 5.41) is 9.42. The van der Waals surface area contributed by atoms with E-state index in [1.165, 1.54) is 11.1 Å². The molecule has 0 heterocycles. The van der Waals surface area contributed by atoms with Crippen LogP contribution in [0.1, 0.15) is 74.8 Å². The maximum absolute atomic E-state index is 9.42. The molecule has 0 aliphatic carbocycles. The number of ether oxygens (including phenoxy) is 1. The van der Waals surface area contributed by atoms with Gasteiger partial charge in [-0.15, -0.1) is 0 Å². The highest BCUT2D eigenvalue weighted by molar-refractivity contribution is 5.46. The number of hydrogen-bond donors (Lipinski definition) is 0. The highest BCUT2D eigenvalue weighted by atomic mass is 16.5.